The highest BCUT2D eigenvalue weighted by Crippen LogP contribution is 2.21. The summed E-state index contributed by atoms with van der Waals surface area (Å²) in [5, 5.41) is 9.58. The number of nitrogens with one attached hydrogen (secondary N) is 2. The van der Waals surface area contributed by atoms with Crippen molar-refractivity contribution in [1.82, 2.24) is 10.1 Å². The first-order valence-electron chi connectivity index (χ1n) is 7.25. The largest absolute Gasteiger partial charge is 0.497 e. The molecule has 7 nitrogen and oxygen atoms in total. The Labute approximate surface area is 138 Å². The quantitative estimate of drug-likeness (QED) is 0.748. The lowest BCUT2D eigenvalue weighted by Crippen LogP contribution is -2.12. The second-order valence-electron chi connectivity index (χ2n) is 5.10. The summed E-state index contributed by atoms with van der Waals surface area (Å²) in [6.45, 7) is 1.75. The number of pyridine rings is 1. The number of carbonyl (C=O) groups is 1. The number of aromatic nitrogens is 2. The molecule has 122 valence electrons. The van der Waals surface area contributed by atoms with Gasteiger partial charge in [-0.2, -0.15) is 0 Å². The second kappa shape index (κ2) is 6.82. The summed E-state index contributed by atoms with van der Waals surface area (Å²) in [5.74, 6) is 1.41. The van der Waals surface area contributed by atoms with Crippen molar-refractivity contribution in [1.29, 1.82) is 0 Å². The first kappa shape index (κ1) is 15.5. The Bertz CT molecular complexity index is 860. The van der Waals surface area contributed by atoms with Gasteiger partial charge in [0.15, 0.2) is 5.82 Å². The van der Waals surface area contributed by atoms with Crippen molar-refractivity contribution in [2.45, 2.75) is 6.92 Å². The second-order valence-corrected chi connectivity index (χ2v) is 5.10. The number of carbonyl (C=O) groups excluding carboxylic acids is 1. The minimum Gasteiger partial charge on any atom is -0.497 e. The molecule has 1 aromatic carbocycles. The van der Waals surface area contributed by atoms with Crippen LogP contribution in [0.15, 0.2) is 53.3 Å². The minimum atomic E-state index is -0.315. The summed E-state index contributed by atoms with van der Waals surface area (Å²) in [6, 6.07) is 10.8. The number of anilines is 3. The molecule has 0 bridgehead atoms. The molecule has 3 rings (SSSR count). The van der Waals surface area contributed by atoms with Crippen molar-refractivity contribution in [3.63, 3.8) is 0 Å². The fraction of sp³-hybridized carbons (Fsp3) is 0.118. The lowest BCUT2D eigenvalue weighted by molar-refractivity contribution is 0.102. The van der Waals surface area contributed by atoms with Crippen LogP contribution < -0.4 is 15.4 Å². The molecule has 0 radical (unpaired) electrons. The van der Waals surface area contributed by atoms with Gasteiger partial charge in [-0.25, -0.2) is 0 Å². The number of aryl methyl sites for hydroxylation is 1. The molecule has 0 aliphatic rings. The highest BCUT2D eigenvalue weighted by Gasteiger charge is 2.10. The predicted octanol–water partition coefficient (Wildman–Crippen LogP) is 3.38. The van der Waals surface area contributed by atoms with E-state index < -0.39 is 0 Å². The van der Waals surface area contributed by atoms with Gasteiger partial charge in [0.2, 0.25) is 0 Å². The number of hydrogen-bond acceptors (Lipinski definition) is 6. The van der Waals surface area contributed by atoms with Crippen molar-refractivity contribution in [3.05, 3.63) is 60.1 Å². The van der Waals surface area contributed by atoms with Gasteiger partial charge in [-0.3, -0.25) is 9.78 Å². The van der Waals surface area contributed by atoms with Crippen LogP contribution >= 0.6 is 0 Å². The van der Waals surface area contributed by atoms with Gasteiger partial charge in [0, 0.05) is 24.0 Å². The fourth-order valence-electron chi connectivity index (χ4n) is 2.11. The zero-order valence-electron chi connectivity index (χ0n) is 13.2. The molecule has 24 heavy (non-hydrogen) atoms. The van der Waals surface area contributed by atoms with E-state index in [1.165, 1.54) is 6.20 Å². The number of ether oxygens (including phenoxy) is 1. The smallest absolute Gasteiger partial charge is 0.258 e. The monoisotopic (exact) mass is 324 g/mol. The third-order valence-electron chi connectivity index (χ3n) is 3.23. The average Bonchev–Trinajstić information content (AvgIpc) is 3.00. The molecule has 0 aliphatic carbocycles. The maximum absolute atomic E-state index is 12.2. The molecule has 0 saturated heterocycles. The van der Waals surface area contributed by atoms with Crippen molar-refractivity contribution in [2.24, 2.45) is 0 Å². The van der Waals surface area contributed by atoms with Gasteiger partial charge in [-0.15, -0.1) is 0 Å². The Kier molecular flexibility index (Phi) is 4.42. The Morgan fingerprint density at radius 2 is 2.04 bits per heavy atom. The zero-order valence-corrected chi connectivity index (χ0v) is 13.2. The van der Waals surface area contributed by atoms with Crippen molar-refractivity contribution in [3.8, 4) is 5.75 Å². The summed E-state index contributed by atoms with van der Waals surface area (Å²) in [6.07, 6.45) is 3.12. The van der Waals surface area contributed by atoms with Crippen LogP contribution in [0.5, 0.6) is 5.75 Å². The van der Waals surface area contributed by atoms with Gasteiger partial charge in [-0.05, 0) is 25.1 Å². The summed E-state index contributed by atoms with van der Waals surface area (Å²) in [7, 11) is 1.61. The summed E-state index contributed by atoms with van der Waals surface area (Å²) < 4.78 is 10.1. The summed E-state index contributed by atoms with van der Waals surface area (Å²) in [5.41, 5.74) is 1.93. The molecule has 0 unspecified atom stereocenters. The molecule has 0 fully saturated rings. The molecule has 3 aromatic rings. The Morgan fingerprint density at radius 1 is 1.17 bits per heavy atom. The van der Waals surface area contributed by atoms with E-state index in [4.69, 9.17) is 9.26 Å². The van der Waals surface area contributed by atoms with Crippen LogP contribution in [0, 0.1) is 6.92 Å². The van der Waals surface area contributed by atoms with Gasteiger partial charge in [0.25, 0.3) is 5.91 Å². The van der Waals surface area contributed by atoms with Crippen LogP contribution in [0.4, 0.5) is 17.2 Å². The van der Waals surface area contributed by atoms with E-state index in [-0.39, 0.29) is 5.91 Å². The van der Waals surface area contributed by atoms with Crippen molar-refractivity contribution < 1.29 is 14.1 Å². The van der Waals surface area contributed by atoms with Crippen LogP contribution in [0.2, 0.25) is 0 Å². The molecule has 1 amide bonds. The van der Waals surface area contributed by atoms with Crippen LogP contribution in [0.1, 0.15) is 16.1 Å². The van der Waals surface area contributed by atoms with E-state index in [1.807, 2.05) is 24.3 Å². The van der Waals surface area contributed by atoms with Crippen LogP contribution in [-0.4, -0.2) is 23.2 Å². The number of rotatable bonds is 5. The lowest BCUT2D eigenvalue weighted by atomic mass is 10.2. The van der Waals surface area contributed by atoms with E-state index >= 15 is 0 Å². The third kappa shape index (κ3) is 3.70. The van der Waals surface area contributed by atoms with Gasteiger partial charge in [0.1, 0.15) is 11.5 Å². The number of methoxy groups -OCH3 is 1. The topological polar surface area (TPSA) is 89.3 Å². The third-order valence-corrected chi connectivity index (χ3v) is 3.23. The maximum Gasteiger partial charge on any atom is 0.258 e. The van der Waals surface area contributed by atoms with E-state index in [9.17, 15) is 4.79 Å². The number of amides is 1. The van der Waals surface area contributed by atoms with Gasteiger partial charge >= 0.3 is 0 Å². The van der Waals surface area contributed by atoms with E-state index in [0.717, 1.165) is 11.4 Å². The molecule has 0 saturated carbocycles. The van der Waals surface area contributed by atoms with Crippen molar-refractivity contribution in [2.75, 3.05) is 17.7 Å². The molecule has 2 heterocycles. The first-order valence-corrected chi connectivity index (χ1v) is 7.25. The highest BCUT2D eigenvalue weighted by atomic mass is 16.5. The lowest BCUT2D eigenvalue weighted by Gasteiger charge is -2.09. The summed E-state index contributed by atoms with van der Waals surface area (Å²) >= 11 is 0. The van der Waals surface area contributed by atoms with Crippen LogP contribution in [-0.2, 0) is 0 Å². The van der Waals surface area contributed by atoms with Crippen LogP contribution in [0.3, 0.4) is 0 Å². The molecule has 0 atom stereocenters. The minimum absolute atomic E-state index is 0.315. The van der Waals surface area contributed by atoms with E-state index in [2.05, 4.69) is 20.8 Å². The molecule has 7 heteroatoms. The van der Waals surface area contributed by atoms with Gasteiger partial charge in [-0.1, -0.05) is 11.2 Å². The molecular formula is C17H16N4O3. The van der Waals surface area contributed by atoms with E-state index in [0.29, 0.717) is 22.8 Å². The Balaban J connectivity index is 1.74. The number of hydrogen-bond donors (Lipinski definition) is 2. The van der Waals surface area contributed by atoms with Crippen molar-refractivity contribution >= 4 is 23.1 Å². The highest BCUT2D eigenvalue weighted by molar-refractivity contribution is 6.04. The van der Waals surface area contributed by atoms with Gasteiger partial charge in [0.05, 0.1) is 24.6 Å². The van der Waals surface area contributed by atoms with Gasteiger partial charge < -0.3 is 19.9 Å². The fourth-order valence-corrected chi connectivity index (χ4v) is 2.11. The first-order chi connectivity index (χ1) is 11.6. The normalized spacial score (nSPS) is 10.2. The maximum atomic E-state index is 12.2. The summed E-state index contributed by atoms with van der Waals surface area (Å²) in [4.78, 5) is 16.3. The molecular weight excluding hydrogens is 308 g/mol. The molecule has 2 N–H and O–H groups in total. The molecule has 0 aliphatic heterocycles. The van der Waals surface area contributed by atoms with Crippen LogP contribution in [0.25, 0.3) is 0 Å². The van der Waals surface area contributed by atoms with E-state index in [1.54, 1.807) is 32.4 Å². The standard InChI is InChI=1S/C17H16N4O3/c1-11-6-16(21-24-11)20-17(22)12-7-14(10-18-9-12)19-13-4-3-5-15(8-13)23-2/h3-10,19H,1-2H3,(H,20,21,22). The SMILES string of the molecule is COc1cccc(Nc2cncc(C(=O)Nc3cc(C)on3)c2)c1. The molecule has 0 spiro atoms. The molecule has 2 aromatic heterocycles. The average molecular weight is 324 g/mol. The Morgan fingerprint density at radius 3 is 2.79 bits per heavy atom. The number of nitrogens with zero attached hydrogens (tertiary/aromatic N) is 2. The zero-order chi connectivity index (χ0) is 16.9. The number of benzene rings is 1. The predicted molar refractivity (Wildman–Crippen MR) is 89.7 cm³/mol. The Hall–Kier alpha value is -3.35.